The van der Waals surface area contributed by atoms with Crippen LogP contribution < -0.4 is 15.2 Å². The van der Waals surface area contributed by atoms with Crippen molar-refractivity contribution in [2.45, 2.75) is 54.9 Å². The van der Waals surface area contributed by atoms with E-state index in [1.807, 2.05) is 37.1 Å². The van der Waals surface area contributed by atoms with E-state index in [-0.39, 0.29) is 40.7 Å². The number of ether oxygens (including phenoxy) is 2. The van der Waals surface area contributed by atoms with Gasteiger partial charge in [0.25, 0.3) is 5.91 Å². The van der Waals surface area contributed by atoms with E-state index in [1.165, 1.54) is 17.8 Å². The highest BCUT2D eigenvalue weighted by atomic mass is 32.2. The molecule has 0 spiro atoms. The van der Waals surface area contributed by atoms with Gasteiger partial charge in [-0.2, -0.15) is 0 Å². The molecule has 1 fully saturated rings. The number of rotatable bonds is 7. The van der Waals surface area contributed by atoms with Crippen molar-refractivity contribution in [1.82, 2.24) is 9.58 Å². The SMILES string of the molecule is B[C@]1(N2[C@@H]3COCCN3C(=O)c3c(OCCCCCC)c(=O)ccn32)c2ccccc2SCc2c1ccc(F)c2F. The fraction of sp³-hybridized carbons (Fsp3) is 0.400. The lowest BCUT2D eigenvalue weighted by Gasteiger charge is -2.56. The average Bonchev–Trinajstić information content (AvgIpc) is 3.11. The Balaban J connectivity index is 1.59. The average molecular weight is 579 g/mol. The molecule has 3 aliphatic heterocycles. The van der Waals surface area contributed by atoms with E-state index < -0.39 is 23.2 Å². The number of thioether (sulfide) groups is 1. The van der Waals surface area contributed by atoms with Crippen LogP contribution in [-0.2, 0) is 15.9 Å². The molecule has 41 heavy (non-hydrogen) atoms. The standard InChI is InChI=1S/C30H32BF2N3O4S/c1-2-3-4-7-15-40-28-23(37)12-13-35-27(28)29(38)34-14-16-39-17-25(34)36(35)30(31)20-10-11-22(32)26(33)19(20)18-41-24-9-6-5-8-21(24)30/h5-6,8-13,25H,2-4,7,14-18,31H2,1H3/t25-,30-/m1/s1. The zero-order valence-corrected chi connectivity index (χ0v) is 24.0. The van der Waals surface area contributed by atoms with E-state index in [9.17, 15) is 14.0 Å². The third-order valence-electron chi connectivity index (χ3n) is 8.32. The van der Waals surface area contributed by atoms with Crippen LogP contribution in [0.4, 0.5) is 8.78 Å². The zero-order chi connectivity index (χ0) is 28.7. The van der Waals surface area contributed by atoms with Crippen molar-refractivity contribution in [3.8, 4) is 5.75 Å². The number of hydrogen-bond donors (Lipinski definition) is 0. The number of benzene rings is 2. The van der Waals surface area contributed by atoms with Crippen LogP contribution in [0.1, 0.15) is 59.8 Å². The highest BCUT2D eigenvalue weighted by molar-refractivity contribution is 7.98. The first-order valence-electron chi connectivity index (χ1n) is 14.1. The normalized spacial score (nSPS) is 21.4. The van der Waals surface area contributed by atoms with Gasteiger partial charge in [-0.05, 0) is 29.7 Å². The Morgan fingerprint density at radius 2 is 1.93 bits per heavy atom. The molecule has 3 aliphatic rings. The van der Waals surface area contributed by atoms with Crippen molar-refractivity contribution in [2.75, 3.05) is 31.4 Å². The van der Waals surface area contributed by atoms with Crippen LogP contribution in [0, 0.1) is 11.6 Å². The van der Waals surface area contributed by atoms with E-state index in [0.717, 1.165) is 42.2 Å². The lowest BCUT2D eigenvalue weighted by atomic mass is 9.65. The number of fused-ring (bicyclic) bond motifs is 4. The summed E-state index contributed by atoms with van der Waals surface area (Å²) in [5.74, 6) is -1.85. The third kappa shape index (κ3) is 4.53. The van der Waals surface area contributed by atoms with Gasteiger partial charge in [-0.3, -0.25) is 19.3 Å². The number of halogens is 2. The van der Waals surface area contributed by atoms with Gasteiger partial charge in [0.1, 0.15) is 14.0 Å². The van der Waals surface area contributed by atoms with Gasteiger partial charge in [-0.1, -0.05) is 50.5 Å². The molecule has 2 atom stereocenters. The van der Waals surface area contributed by atoms with Gasteiger partial charge in [0, 0.05) is 35.0 Å². The number of unbranched alkanes of at least 4 members (excludes halogenated alkanes) is 3. The predicted octanol–water partition coefficient (Wildman–Crippen LogP) is 3.98. The number of nitrogens with zero attached hydrogens (tertiary/aromatic N) is 3. The summed E-state index contributed by atoms with van der Waals surface area (Å²) in [6.45, 7) is 3.30. The van der Waals surface area contributed by atoms with Crippen LogP contribution in [0.25, 0.3) is 0 Å². The largest absolute Gasteiger partial charge is 0.487 e. The fourth-order valence-corrected chi connectivity index (χ4v) is 7.46. The molecule has 0 bridgehead atoms. The van der Waals surface area contributed by atoms with Crippen molar-refractivity contribution in [2.24, 2.45) is 0 Å². The topological polar surface area (TPSA) is 64.0 Å². The Kier molecular flexibility index (Phi) is 7.59. The smallest absolute Gasteiger partial charge is 0.278 e. The van der Waals surface area contributed by atoms with Gasteiger partial charge in [-0.25, -0.2) is 8.78 Å². The molecule has 1 aromatic heterocycles. The summed E-state index contributed by atoms with van der Waals surface area (Å²) in [5, 5.41) is 1.98. The predicted molar refractivity (Wildman–Crippen MR) is 156 cm³/mol. The number of carbonyl (C=O) groups is 1. The molecule has 3 aromatic rings. The molecular weight excluding hydrogens is 547 g/mol. The second-order valence-electron chi connectivity index (χ2n) is 10.8. The molecule has 7 nitrogen and oxygen atoms in total. The minimum absolute atomic E-state index is 0.00864. The van der Waals surface area contributed by atoms with Crippen molar-refractivity contribution < 1.29 is 23.0 Å². The van der Waals surface area contributed by atoms with Crippen LogP contribution in [0.5, 0.6) is 5.75 Å². The second-order valence-corrected chi connectivity index (χ2v) is 11.8. The lowest BCUT2D eigenvalue weighted by molar-refractivity contribution is -0.0217. The number of morpholine rings is 1. The molecule has 0 aliphatic carbocycles. The van der Waals surface area contributed by atoms with Crippen LogP contribution >= 0.6 is 11.8 Å². The van der Waals surface area contributed by atoms with Gasteiger partial charge >= 0.3 is 0 Å². The number of aromatic nitrogens is 1. The van der Waals surface area contributed by atoms with E-state index >= 15 is 4.39 Å². The van der Waals surface area contributed by atoms with Crippen LogP contribution in [0.15, 0.2) is 58.4 Å². The Hall–Kier alpha value is -3.31. The Morgan fingerprint density at radius 1 is 1.10 bits per heavy atom. The Morgan fingerprint density at radius 3 is 2.76 bits per heavy atom. The summed E-state index contributed by atoms with van der Waals surface area (Å²) in [6, 6.07) is 12.0. The molecule has 1 saturated heterocycles. The first-order chi connectivity index (χ1) is 19.9. The summed E-state index contributed by atoms with van der Waals surface area (Å²) in [7, 11) is 1.96. The molecule has 214 valence electrons. The number of carbonyl (C=O) groups excluding carboxylic acids is 1. The van der Waals surface area contributed by atoms with E-state index in [2.05, 4.69) is 6.92 Å². The molecule has 2 aromatic carbocycles. The van der Waals surface area contributed by atoms with Gasteiger partial charge in [-0.15, -0.1) is 11.8 Å². The third-order valence-corrected chi connectivity index (χ3v) is 9.42. The molecule has 1 amide bonds. The van der Waals surface area contributed by atoms with Crippen LogP contribution in [0.3, 0.4) is 0 Å². The van der Waals surface area contributed by atoms with Gasteiger partial charge in [0.05, 0.1) is 25.3 Å². The minimum Gasteiger partial charge on any atom is -0.487 e. The van der Waals surface area contributed by atoms with Crippen molar-refractivity contribution in [3.63, 3.8) is 0 Å². The molecule has 0 saturated carbocycles. The summed E-state index contributed by atoms with van der Waals surface area (Å²) in [6.07, 6.45) is 4.86. The highest BCUT2D eigenvalue weighted by Crippen LogP contribution is 2.47. The minimum atomic E-state index is -1.09. The lowest BCUT2D eigenvalue weighted by Crippen LogP contribution is -2.71. The van der Waals surface area contributed by atoms with Crippen molar-refractivity contribution in [1.29, 1.82) is 0 Å². The monoisotopic (exact) mass is 579 g/mol. The molecule has 6 rings (SSSR count). The summed E-state index contributed by atoms with van der Waals surface area (Å²) < 4.78 is 43.7. The quantitative estimate of drug-likeness (QED) is 0.312. The maximum Gasteiger partial charge on any atom is 0.278 e. The number of pyridine rings is 1. The maximum atomic E-state index is 15.5. The van der Waals surface area contributed by atoms with Crippen LogP contribution in [0.2, 0.25) is 0 Å². The maximum absolute atomic E-state index is 15.5. The first-order valence-corrected chi connectivity index (χ1v) is 15.1. The summed E-state index contributed by atoms with van der Waals surface area (Å²) >= 11 is 1.45. The van der Waals surface area contributed by atoms with E-state index in [0.29, 0.717) is 25.3 Å². The van der Waals surface area contributed by atoms with Crippen molar-refractivity contribution in [3.05, 3.63) is 92.9 Å². The molecule has 4 heterocycles. The second kappa shape index (κ2) is 11.2. The number of amides is 1. The van der Waals surface area contributed by atoms with Gasteiger partial charge < -0.3 is 14.4 Å². The van der Waals surface area contributed by atoms with E-state index in [1.54, 1.807) is 21.8 Å². The summed E-state index contributed by atoms with van der Waals surface area (Å²) in [4.78, 5) is 29.8. The van der Waals surface area contributed by atoms with Gasteiger partial charge in [0.15, 0.2) is 23.1 Å². The first kappa shape index (κ1) is 27.8. The van der Waals surface area contributed by atoms with Crippen molar-refractivity contribution >= 4 is 25.5 Å². The molecule has 0 unspecified atom stereocenters. The van der Waals surface area contributed by atoms with Crippen LogP contribution in [-0.4, -0.2) is 55.9 Å². The molecule has 11 heteroatoms. The molecule has 0 N–H and O–H groups in total. The molecular formula is C30H32BF2N3O4S. The molecule has 0 radical (unpaired) electrons. The summed E-state index contributed by atoms with van der Waals surface area (Å²) in [5.41, 5.74) is 0.398. The Labute approximate surface area is 242 Å². The Bertz CT molecular complexity index is 1550. The van der Waals surface area contributed by atoms with Gasteiger partial charge in [0.2, 0.25) is 5.43 Å². The highest BCUT2D eigenvalue weighted by Gasteiger charge is 2.51. The van der Waals surface area contributed by atoms with E-state index in [4.69, 9.17) is 9.47 Å². The zero-order valence-electron chi connectivity index (χ0n) is 23.2. The number of hydrogen-bond acceptors (Lipinski definition) is 6. The fourth-order valence-electron chi connectivity index (χ4n) is 6.28.